The van der Waals surface area contributed by atoms with Gasteiger partial charge in [-0.1, -0.05) is 32.6 Å². The number of hydrogen-bond acceptors (Lipinski definition) is 0. The van der Waals surface area contributed by atoms with E-state index in [1.54, 1.807) is 0 Å². The highest BCUT2D eigenvalue weighted by molar-refractivity contribution is 4.76. The molecular weight excluding hydrogens is 84.1 g/mol. The molecule has 0 saturated heterocycles. The molecule has 0 aliphatic heterocycles. The molecule has 0 heteroatoms. The van der Waals surface area contributed by atoms with Crippen molar-refractivity contribution in [3.63, 3.8) is 0 Å². The second-order valence-electron chi connectivity index (χ2n) is 2.38. The lowest BCUT2D eigenvalue weighted by Gasteiger charge is -1.99. The molecule has 0 amide bonds. The van der Waals surface area contributed by atoms with Gasteiger partial charge in [-0.15, -0.1) is 0 Å². The highest BCUT2D eigenvalue weighted by Gasteiger charge is 2.11. The summed E-state index contributed by atoms with van der Waals surface area (Å²) in [7, 11) is 0. The van der Waals surface area contributed by atoms with Gasteiger partial charge in [0.1, 0.15) is 0 Å². The summed E-state index contributed by atoms with van der Waals surface area (Å²) in [4.78, 5) is 0. The smallest absolute Gasteiger partial charge is 0.0386 e. The van der Waals surface area contributed by atoms with E-state index in [0.29, 0.717) is 0 Å². The summed E-state index contributed by atoms with van der Waals surface area (Å²) < 4.78 is 0. The average Bonchev–Trinajstić information content (AvgIpc) is 2.14. The summed E-state index contributed by atoms with van der Waals surface area (Å²) in [5.41, 5.74) is 0. The summed E-state index contributed by atoms with van der Waals surface area (Å²) in [5.74, 6) is 0.972. The first-order chi connectivity index (χ1) is 3.43. The molecule has 0 atom stereocenters. The molecule has 41 valence electrons. The van der Waals surface area contributed by atoms with Crippen LogP contribution in [0.15, 0.2) is 0 Å². The summed E-state index contributed by atoms with van der Waals surface area (Å²) in [5, 5.41) is 0. The molecule has 1 radical (unpaired) electrons. The predicted molar refractivity (Wildman–Crippen MR) is 31.9 cm³/mol. The van der Waals surface area contributed by atoms with E-state index in [0.717, 1.165) is 5.92 Å². The largest absolute Gasteiger partial charge is 0.0620 e. The molecular formula is C7H13. The van der Waals surface area contributed by atoms with Crippen molar-refractivity contribution in [2.24, 2.45) is 5.92 Å². The van der Waals surface area contributed by atoms with Crippen LogP contribution in [-0.2, 0) is 0 Å². The van der Waals surface area contributed by atoms with Crippen molar-refractivity contribution in [3.05, 3.63) is 6.42 Å². The third-order valence-electron chi connectivity index (χ3n) is 1.87. The maximum absolute atomic E-state index is 2.34. The van der Waals surface area contributed by atoms with Crippen molar-refractivity contribution in [1.29, 1.82) is 0 Å². The molecule has 0 aromatic carbocycles. The molecule has 1 saturated carbocycles. The topological polar surface area (TPSA) is 0 Å². The summed E-state index contributed by atoms with van der Waals surface area (Å²) in [6, 6.07) is 0. The zero-order valence-corrected chi connectivity index (χ0v) is 4.98. The lowest BCUT2D eigenvalue weighted by atomic mass is 10.1. The number of hydrogen-bond donors (Lipinski definition) is 0. The van der Waals surface area contributed by atoms with Crippen LogP contribution in [0.5, 0.6) is 0 Å². The highest BCUT2D eigenvalue weighted by atomic mass is 14.2. The van der Waals surface area contributed by atoms with Gasteiger partial charge in [0, 0.05) is 0 Å². The van der Waals surface area contributed by atoms with Gasteiger partial charge < -0.3 is 0 Å². The minimum Gasteiger partial charge on any atom is -0.0620 e. The van der Waals surface area contributed by atoms with E-state index in [2.05, 4.69) is 13.3 Å². The minimum atomic E-state index is 0.972. The standard InChI is InChI=1S/C7H13/c1-2-7-5-3-4-6-7/h2,7H,3-6H2,1H3. The molecule has 0 aromatic rings. The Hall–Kier alpha value is 0. The van der Waals surface area contributed by atoms with Gasteiger partial charge in [0.25, 0.3) is 0 Å². The van der Waals surface area contributed by atoms with Crippen LogP contribution in [0, 0.1) is 12.3 Å². The Morgan fingerprint density at radius 3 is 2.14 bits per heavy atom. The molecule has 0 nitrogen and oxygen atoms in total. The lowest BCUT2D eigenvalue weighted by Crippen LogP contribution is -1.87. The van der Waals surface area contributed by atoms with E-state index in [-0.39, 0.29) is 0 Å². The van der Waals surface area contributed by atoms with Crippen LogP contribution in [0.3, 0.4) is 0 Å². The number of rotatable bonds is 1. The molecule has 0 heterocycles. The Balaban J connectivity index is 2.14. The summed E-state index contributed by atoms with van der Waals surface area (Å²) in [6.45, 7) is 2.18. The van der Waals surface area contributed by atoms with Crippen molar-refractivity contribution in [2.45, 2.75) is 32.6 Å². The molecule has 1 fully saturated rings. The van der Waals surface area contributed by atoms with Crippen molar-refractivity contribution in [3.8, 4) is 0 Å². The molecule has 7 heavy (non-hydrogen) atoms. The minimum absolute atomic E-state index is 0.972. The summed E-state index contributed by atoms with van der Waals surface area (Å²) in [6.07, 6.45) is 8.18. The summed E-state index contributed by atoms with van der Waals surface area (Å²) >= 11 is 0. The predicted octanol–water partition coefficient (Wildman–Crippen LogP) is 2.40. The van der Waals surface area contributed by atoms with Crippen molar-refractivity contribution in [1.82, 2.24) is 0 Å². The fraction of sp³-hybridized carbons (Fsp3) is 0.857. The first-order valence-electron chi connectivity index (χ1n) is 3.23. The van der Waals surface area contributed by atoms with Crippen LogP contribution in [0.4, 0.5) is 0 Å². The van der Waals surface area contributed by atoms with E-state index in [1.165, 1.54) is 25.7 Å². The fourth-order valence-electron chi connectivity index (χ4n) is 1.29. The normalized spacial score (nSPS) is 23.6. The molecule has 1 aliphatic carbocycles. The monoisotopic (exact) mass is 97.1 g/mol. The van der Waals surface area contributed by atoms with Crippen LogP contribution in [0.1, 0.15) is 32.6 Å². The Morgan fingerprint density at radius 2 is 1.86 bits per heavy atom. The van der Waals surface area contributed by atoms with E-state index in [9.17, 15) is 0 Å². The molecule has 1 rings (SSSR count). The third-order valence-corrected chi connectivity index (χ3v) is 1.87. The van der Waals surface area contributed by atoms with Crippen molar-refractivity contribution in [2.75, 3.05) is 0 Å². The Bertz CT molecular complexity index is 42.0. The average molecular weight is 97.2 g/mol. The van der Waals surface area contributed by atoms with Crippen molar-refractivity contribution >= 4 is 0 Å². The Morgan fingerprint density at radius 1 is 1.29 bits per heavy atom. The first kappa shape index (κ1) is 5.14. The van der Waals surface area contributed by atoms with Gasteiger partial charge in [-0.25, -0.2) is 0 Å². The third kappa shape index (κ3) is 1.19. The van der Waals surface area contributed by atoms with Crippen LogP contribution >= 0.6 is 0 Å². The van der Waals surface area contributed by atoms with Gasteiger partial charge in [-0.05, 0) is 12.3 Å². The Labute approximate surface area is 45.9 Å². The van der Waals surface area contributed by atoms with Crippen LogP contribution in [0.2, 0.25) is 0 Å². The van der Waals surface area contributed by atoms with Gasteiger partial charge in [0.2, 0.25) is 0 Å². The SMILES string of the molecule is C[CH]C1CCCC1. The van der Waals surface area contributed by atoms with E-state index in [4.69, 9.17) is 0 Å². The zero-order chi connectivity index (χ0) is 5.11. The van der Waals surface area contributed by atoms with Crippen molar-refractivity contribution < 1.29 is 0 Å². The van der Waals surface area contributed by atoms with Gasteiger partial charge in [0.05, 0.1) is 0 Å². The molecule has 0 unspecified atom stereocenters. The van der Waals surface area contributed by atoms with Gasteiger partial charge in [-0.3, -0.25) is 0 Å². The second-order valence-corrected chi connectivity index (χ2v) is 2.38. The molecule has 1 aliphatic rings. The molecule has 0 N–H and O–H groups in total. The molecule has 0 aromatic heterocycles. The zero-order valence-electron chi connectivity index (χ0n) is 4.98. The maximum Gasteiger partial charge on any atom is -0.0386 e. The quantitative estimate of drug-likeness (QED) is 0.471. The maximum atomic E-state index is 2.34. The van der Waals surface area contributed by atoms with Gasteiger partial charge in [0.15, 0.2) is 0 Å². The molecule has 0 bridgehead atoms. The second kappa shape index (κ2) is 2.34. The van der Waals surface area contributed by atoms with E-state index < -0.39 is 0 Å². The van der Waals surface area contributed by atoms with Gasteiger partial charge in [-0.2, -0.15) is 0 Å². The van der Waals surface area contributed by atoms with Crippen LogP contribution in [-0.4, -0.2) is 0 Å². The van der Waals surface area contributed by atoms with E-state index in [1.807, 2.05) is 0 Å². The first-order valence-corrected chi connectivity index (χ1v) is 3.23. The van der Waals surface area contributed by atoms with E-state index >= 15 is 0 Å². The fourth-order valence-corrected chi connectivity index (χ4v) is 1.29. The van der Waals surface area contributed by atoms with Gasteiger partial charge >= 0.3 is 0 Å². The lowest BCUT2D eigenvalue weighted by molar-refractivity contribution is 0.636. The highest BCUT2D eigenvalue weighted by Crippen LogP contribution is 2.25. The molecule has 0 spiro atoms. The van der Waals surface area contributed by atoms with Crippen LogP contribution in [0.25, 0.3) is 0 Å². The Kier molecular flexibility index (Phi) is 1.72. The van der Waals surface area contributed by atoms with Crippen LogP contribution < -0.4 is 0 Å².